The fourth-order valence-corrected chi connectivity index (χ4v) is 2.42. The summed E-state index contributed by atoms with van der Waals surface area (Å²) in [6.45, 7) is 2.15. The molecule has 0 unspecified atom stereocenters. The van der Waals surface area contributed by atoms with Gasteiger partial charge in [-0.15, -0.1) is 0 Å². The second-order valence-electron chi connectivity index (χ2n) is 5.37. The standard InChI is InChI=1S/C17H14FNO6/c1-10(11-2-4-12(18)5-3-11)25-17(20)13-8-15-16(24-7-6-23-15)9-14(13)19(21)22/h2-5,8-10H,6-7H2,1H3/t10-/m0/s1. The molecule has 1 heterocycles. The first-order valence-corrected chi connectivity index (χ1v) is 7.50. The highest BCUT2D eigenvalue weighted by Gasteiger charge is 2.28. The lowest BCUT2D eigenvalue weighted by atomic mass is 10.1. The smallest absolute Gasteiger partial charge is 0.345 e. The molecule has 2 aromatic carbocycles. The van der Waals surface area contributed by atoms with Crippen molar-refractivity contribution in [2.24, 2.45) is 0 Å². The van der Waals surface area contributed by atoms with Gasteiger partial charge in [-0.25, -0.2) is 9.18 Å². The van der Waals surface area contributed by atoms with Crippen LogP contribution in [-0.2, 0) is 4.74 Å². The Bertz CT molecular complexity index is 821. The predicted octanol–water partition coefficient (Wildman–Crippen LogP) is 3.42. The summed E-state index contributed by atoms with van der Waals surface area (Å²) in [6, 6.07) is 7.83. The third-order valence-corrected chi connectivity index (χ3v) is 3.70. The van der Waals surface area contributed by atoms with Gasteiger partial charge in [-0.3, -0.25) is 10.1 Å². The van der Waals surface area contributed by atoms with E-state index in [0.29, 0.717) is 5.56 Å². The highest BCUT2D eigenvalue weighted by atomic mass is 19.1. The molecule has 0 aliphatic carbocycles. The average molecular weight is 347 g/mol. The van der Waals surface area contributed by atoms with E-state index in [0.717, 1.165) is 6.07 Å². The fraction of sp³-hybridized carbons (Fsp3) is 0.235. The zero-order valence-electron chi connectivity index (χ0n) is 13.2. The number of rotatable bonds is 4. The minimum Gasteiger partial charge on any atom is -0.486 e. The van der Waals surface area contributed by atoms with Gasteiger partial charge in [0.25, 0.3) is 5.69 Å². The van der Waals surface area contributed by atoms with Crippen molar-refractivity contribution in [3.05, 3.63) is 63.5 Å². The molecule has 0 aromatic heterocycles. The van der Waals surface area contributed by atoms with Gasteiger partial charge >= 0.3 is 5.97 Å². The zero-order valence-corrected chi connectivity index (χ0v) is 13.2. The molecule has 0 saturated carbocycles. The van der Waals surface area contributed by atoms with Crippen molar-refractivity contribution in [1.82, 2.24) is 0 Å². The van der Waals surface area contributed by atoms with E-state index in [-0.39, 0.29) is 30.3 Å². The number of nitro groups is 1. The third kappa shape index (κ3) is 3.52. The highest BCUT2D eigenvalue weighted by molar-refractivity contribution is 5.95. The molecule has 0 spiro atoms. The summed E-state index contributed by atoms with van der Waals surface area (Å²) >= 11 is 0. The lowest BCUT2D eigenvalue weighted by Gasteiger charge is -2.19. The second kappa shape index (κ2) is 6.76. The van der Waals surface area contributed by atoms with Crippen LogP contribution in [0.15, 0.2) is 36.4 Å². The van der Waals surface area contributed by atoms with E-state index in [2.05, 4.69) is 0 Å². The molecule has 0 fully saturated rings. The molecular weight excluding hydrogens is 333 g/mol. The SMILES string of the molecule is C[C@H](OC(=O)c1cc2c(cc1[N+](=O)[O-])OCCO2)c1ccc(F)cc1. The Hall–Kier alpha value is -3.16. The quantitative estimate of drug-likeness (QED) is 0.478. The van der Waals surface area contributed by atoms with Gasteiger partial charge in [0, 0.05) is 6.07 Å². The monoisotopic (exact) mass is 347 g/mol. The van der Waals surface area contributed by atoms with Crippen molar-refractivity contribution in [3.8, 4) is 11.5 Å². The summed E-state index contributed by atoms with van der Waals surface area (Å²) in [4.78, 5) is 23.0. The van der Waals surface area contributed by atoms with Gasteiger partial charge in [0.05, 0.1) is 11.0 Å². The van der Waals surface area contributed by atoms with Crippen molar-refractivity contribution in [3.63, 3.8) is 0 Å². The molecule has 1 aliphatic rings. The first kappa shape index (κ1) is 16.7. The topological polar surface area (TPSA) is 87.9 Å². The summed E-state index contributed by atoms with van der Waals surface area (Å²) < 4.78 is 28.9. The number of benzene rings is 2. The Kier molecular flexibility index (Phi) is 4.51. The highest BCUT2D eigenvalue weighted by Crippen LogP contribution is 2.37. The fourth-order valence-electron chi connectivity index (χ4n) is 2.42. The predicted molar refractivity (Wildman–Crippen MR) is 84.3 cm³/mol. The molecule has 1 aliphatic heterocycles. The van der Waals surface area contributed by atoms with Gasteiger partial charge in [0.2, 0.25) is 0 Å². The van der Waals surface area contributed by atoms with Gasteiger partial charge in [-0.2, -0.15) is 0 Å². The number of nitro benzene ring substituents is 1. The molecular formula is C17H14FNO6. The maximum atomic E-state index is 13.0. The van der Waals surface area contributed by atoms with E-state index in [4.69, 9.17) is 14.2 Å². The van der Waals surface area contributed by atoms with E-state index in [1.165, 1.54) is 30.3 Å². The summed E-state index contributed by atoms with van der Waals surface area (Å²) in [5.41, 5.74) is -0.0984. The lowest BCUT2D eigenvalue weighted by Crippen LogP contribution is -2.17. The van der Waals surface area contributed by atoms with Crippen LogP contribution in [-0.4, -0.2) is 24.1 Å². The van der Waals surface area contributed by atoms with Crippen molar-refractivity contribution in [2.75, 3.05) is 13.2 Å². The van der Waals surface area contributed by atoms with Crippen LogP contribution in [0.25, 0.3) is 0 Å². The molecule has 0 N–H and O–H groups in total. The van der Waals surface area contributed by atoms with Crippen molar-refractivity contribution >= 4 is 11.7 Å². The summed E-state index contributed by atoms with van der Waals surface area (Å²) in [5, 5.41) is 11.3. The summed E-state index contributed by atoms with van der Waals surface area (Å²) in [6.07, 6.45) is -0.707. The Labute approximate surface area is 142 Å². The molecule has 0 bridgehead atoms. The van der Waals surface area contributed by atoms with E-state index >= 15 is 0 Å². The molecule has 1 atom stereocenters. The van der Waals surface area contributed by atoms with Crippen LogP contribution < -0.4 is 9.47 Å². The van der Waals surface area contributed by atoms with Crippen LogP contribution >= 0.6 is 0 Å². The largest absolute Gasteiger partial charge is 0.486 e. The molecule has 0 saturated heterocycles. The van der Waals surface area contributed by atoms with Crippen LogP contribution in [0, 0.1) is 15.9 Å². The number of hydrogen-bond acceptors (Lipinski definition) is 6. The normalized spacial score (nSPS) is 13.8. The number of carbonyl (C=O) groups is 1. The minimum absolute atomic E-state index is 0.209. The van der Waals surface area contributed by atoms with Crippen molar-refractivity contribution in [1.29, 1.82) is 0 Å². The maximum absolute atomic E-state index is 13.0. The Morgan fingerprint density at radius 1 is 1.20 bits per heavy atom. The summed E-state index contributed by atoms with van der Waals surface area (Å²) in [5.74, 6) is -0.829. The molecule has 3 rings (SSSR count). The zero-order chi connectivity index (χ0) is 18.0. The van der Waals surface area contributed by atoms with E-state index < -0.39 is 28.5 Å². The first-order chi connectivity index (χ1) is 12.0. The van der Waals surface area contributed by atoms with Crippen molar-refractivity contribution in [2.45, 2.75) is 13.0 Å². The van der Waals surface area contributed by atoms with Crippen molar-refractivity contribution < 1.29 is 28.3 Å². The van der Waals surface area contributed by atoms with Crippen LogP contribution in [0.2, 0.25) is 0 Å². The van der Waals surface area contributed by atoms with Gasteiger partial charge in [0.15, 0.2) is 11.5 Å². The summed E-state index contributed by atoms with van der Waals surface area (Å²) in [7, 11) is 0. The van der Waals surface area contributed by atoms with E-state index in [1.54, 1.807) is 6.92 Å². The molecule has 7 nitrogen and oxygen atoms in total. The van der Waals surface area contributed by atoms with Crippen LogP contribution in [0.3, 0.4) is 0 Å². The number of carbonyl (C=O) groups excluding carboxylic acids is 1. The van der Waals surface area contributed by atoms with E-state index in [9.17, 15) is 19.3 Å². The number of fused-ring (bicyclic) bond motifs is 1. The number of hydrogen-bond donors (Lipinski definition) is 0. The third-order valence-electron chi connectivity index (χ3n) is 3.70. The molecule has 130 valence electrons. The van der Waals surface area contributed by atoms with Crippen LogP contribution in [0.5, 0.6) is 11.5 Å². The first-order valence-electron chi connectivity index (χ1n) is 7.50. The van der Waals surface area contributed by atoms with E-state index in [1.807, 2.05) is 0 Å². The molecule has 0 amide bonds. The second-order valence-corrected chi connectivity index (χ2v) is 5.37. The molecule has 8 heteroatoms. The molecule has 0 radical (unpaired) electrons. The molecule has 25 heavy (non-hydrogen) atoms. The average Bonchev–Trinajstić information content (AvgIpc) is 2.61. The van der Waals surface area contributed by atoms with Gasteiger partial charge in [-0.05, 0) is 24.6 Å². The van der Waals surface area contributed by atoms with Crippen LogP contribution in [0.4, 0.5) is 10.1 Å². The lowest BCUT2D eigenvalue weighted by molar-refractivity contribution is -0.385. The minimum atomic E-state index is -0.875. The number of halogens is 1. The maximum Gasteiger partial charge on any atom is 0.345 e. The number of esters is 1. The number of nitrogens with zero attached hydrogens (tertiary/aromatic N) is 1. The van der Waals surface area contributed by atoms with Crippen LogP contribution in [0.1, 0.15) is 28.9 Å². The molecule has 2 aromatic rings. The van der Waals surface area contributed by atoms with Gasteiger partial charge in [-0.1, -0.05) is 12.1 Å². The van der Waals surface area contributed by atoms with Gasteiger partial charge < -0.3 is 14.2 Å². The number of ether oxygens (including phenoxy) is 3. The van der Waals surface area contributed by atoms with Gasteiger partial charge in [0.1, 0.15) is 30.7 Å². The Morgan fingerprint density at radius 3 is 2.40 bits per heavy atom. The Balaban J connectivity index is 1.88. The Morgan fingerprint density at radius 2 is 1.80 bits per heavy atom.